The van der Waals surface area contributed by atoms with E-state index in [9.17, 15) is 4.79 Å². The van der Waals surface area contributed by atoms with Gasteiger partial charge in [0.2, 0.25) is 0 Å². The number of rotatable bonds is 5. The fourth-order valence-electron chi connectivity index (χ4n) is 2.96. The highest BCUT2D eigenvalue weighted by atomic mass is 35.5. The van der Waals surface area contributed by atoms with Crippen LogP contribution in [0.15, 0.2) is 36.4 Å². The van der Waals surface area contributed by atoms with Crippen LogP contribution >= 0.6 is 23.2 Å². The average Bonchev–Trinajstić information content (AvgIpc) is 2.62. The van der Waals surface area contributed by atoms with Crippen LogP contribution in [-0.4, -0.2) is 16.9 Å². The summed E-state index contributed by atoms with van der Waals surface area (Å²) in [5.41, 5.74) is 1.05. The number of ether oxygens (including phenoxy) is 1. The molecule has 1 aromatic heterocycles. The van der Waals surface area contributed by atoms with E-state index in [2.05, 4.69) is 10.3 Å². The van der Waals surface area contributed by atoms with Gasteiger partial charge in [-0.15, -0.1) is 0 Å². The SMILES string of the molecule is O=C(NC1CCCCC1)c1cccc(COc2c(Cl)cccc2Cl)n1. The maximum atomic E-state index is 12.4. The van der Waals surface area contributed by atoms with E-state index in [0.717, 1.165) is 12.8 Å². The molecule has 2 aromatic rings. The minimum Gasteiger partial charge on any atom is -0.484 e. The van der Waals surface area contributed by atoms with E-state index < -0.39 is 0 Å². The second-order valence-electron chi connectivity index (χ2n) is 6.16. The molecule has 1 aliphatic rings. The zero-order valence-corrected chi connectivity index (χ0v) is 15.3. The van der Waals surface area contributed by atoms with Crippen molar-refractivity contribution in [3.8, 4) is 5.75 Å². The molecule has 0 aliphatic heterocycles. The molecule has 1 N–H and O–H groups in total. The predicted octanol–water partition coefficient (Wildman–Crippen LogP) is 5.03. The summed E-state index contributed by atoms with van der Waals surface area (Å²) in [4.78, 5) is 16.8. The van der Waals surface area contributed by atoms with Crippen LogP contribution in [0.1, 0.15) is 48.3 Å². The van der Waals surface area contributed by atoms with Crippen LogP contribution in [0.25, 0.3) is 0 Å². The molecule has 25 heavy (non-hydrogen) atoms. The van der Waals surface area contributed by atoms with E-state index in [-0.39, 0.29) is 18.6 Å². The molecular formula is C19H20Cl2N2O2. The Morgan fingerprint density at radius 3 is 2.48 bits per heavy atom. The number of para-hydroxylation sites is 1. The van der Waals surface area contributed by atoms with E-state index in [1.54, 1.807) is 30.3 Å². The Balaban J connectivity index is 1.63. The Hall–Kier alpha value is -1.78. The number of nitrogens with zero attached hydrogens (tertiary/aromatic N) is 1. The fourth-order valence-corrected chi connectivity index (χ4v) is 3.47. The first-order valence-corrected chi connectivity index (χ1v) is 9.22. The minimum atomic E-state index is -0.135. The Morgan fingerprint density at radius 2 is 1.76 bits per heavy atom. The van der Waals surface area contributed by atoms with Gasteiger partial charge in [0.05, 0.1) is 15.7 Å². The van der Waals surface area contributed by atoms with Gasteiger partial charge in [-0.3, -0.25) is 4.79 Å². The topological polar surface area (TPSA) is 51.2 Å². The lowest BCUT2D eigenvalue weighted by molar-refractivity contribution is 0.0922. The van der Waals surface area contributed by atoms with Crippen molar-refractivity contribution in [2.45, 2.75) is 44.8 Å². The third-order valence-corrected chi connectivity index (χ3v) is 4.86. The molecule has 4 nitrogen and oxygen atoms in total. The first-order chi connectivity index (χ1) is 12.1. The maximum absolute atomic E-state index is 12.4. The van der Waals surface area contributed by atoms with E-state index in [0.29, 0.717) is 27.2 Å². The summed E-state index contributed by atoms with van der Waals surface area (Å²) in [6.45, 7) is 0.188. The Bertz CT molecular complexity index is 726. The van der Waals surface area contributed by atoms with Crippen LogP contribution in [0.4, 0.5) is 0 Å². The van der Waals surface area contributed by atoms with Gasteiger partial charge in [-0.1, -0.05) is 54.6 Å². The lowest BCUT2D eigenvalue weighted by Crippen LogP contribution is -2.36. The largest absolute Gasteiger partial charge is 0.484 e. The van der Waals surface area contributed by atoms with Gasteiger partial charge in [-0.2, -0.15) is 0 Å². The first kappa shape index (κ1) is 18.0. The van der Waals surface area contributed by atoms with Gasteiger partial charge >= 0.3 is 0 Å². The minimum absolute atomic E-state index is 0.135. The third-order valence-electron chi connectivity index (χ3n) is 4.26. The highest BCUT2D eigenvalue weighted by Gasteiger charge is 2.17. The summed E-state index contributed by atoms with van der Waals surface area (Å²) in [6.07, 6.45) is 5.68. The van der Waals surface area contributed by atoms with Crippen molar-refractivity contribution in [3.63, 3.8) is 0 Å². The number of aromatic nitrogens is 1. The van der Waals surface area contributed by atoms with Gasteiger partial charge in [-0.05, 0) is 37.1 Å². The smallest absolute Gasteiger partial charge is 0.270 e. The molecule has 0 bridgehead atoms. The van der Waals surface area contributed by atoms with Gasteiger partial charge < -0.3 is 10.1 Å². The molecule has 1 fully saturated rings. The van der Waals surface area contributed by atoms with Gasteiger partial charge in [-0.25, -0.2) is 4.98 Å². The molecule has 0 atom stereocenters. The van der Waals surface area contributed by atoms with E-state index in [1.165, 1.54) is 19.3 Å². The number of pyridine rings is 1. The standard InChI is InChI=1S/C19H20Cl2N2O2/c20-15-9-5-10-16(21)18(15)25-12-14-8-4-11-17(22-14)19(24)23-13-6-2-1-3-7-13/h4-5,8-11,13H,1-3,6-7,12H2,(H,23,24). The highest BCUT2D eigenvalue weighted by molar-refractivity contribution is 6.37. The van der Waals surface area contributed by atoms with E-state index >= 15 is 0 Å². The number of benzene rings is 1. The lowest BCUT2D eigenvalue weighted by atomic mass is 9.95. The van der Waals surface area contributed by atoms with Crippen molar-refractivity contribution in [1.29, 1.82) is 0 Å². The number of hydrogen-bond donors (Lipinski definition) is 1. The van der Waals surface area contributed by atoms with Crippen molar-refractivity contribution in [1.82, 2.24) is 10.3 Å². The number of amides is 1. The molecule has 1 saturated carbocycles. The molecule has 0 radical (unpaired) electrons. The second-order valence-corrected chi connectivity index (χ2v) is 6.98. The van der Waals surface area contributed by atoms with Gasteiger partial charge in [0.1, 0.15) is 12.3 Å². The van der Waals surface area contributed by atoms with Gasteiger partial charge in [0.25, 0.3) is 5.91 Å². The van der Waals surface area contributed by atoms with Crippen LogP contribution < -0.4 is 10.1 Å². The Kier molecular flexibility index (Phi) is 6.16. The van der Waals surface area contributed by atoms with Crippen LogP contribution in [-0.2, 0) is 6.61 Å². The zero-order chi connectivity index (χ0) is 17.6. The van der Waals surface area contributed by atoms with Crippen molar-refractivity contribution >= 4 is 29.1 Å². The van der Waals surface area contributed by atoms with Crippen LogP contribution in [0.2, 0.25) is 10.0 Å². The number of carbonyl (C=O) groups is 1. The summed E-state index contributed by atoms with van der Waals surface area (Å²) in [6, 6.07) is 10.8. The van der Waals surface area contributed by atoms with Crippen LogP contribution in [0, 0.1) is 0 Å². The molecule has 3 rings (SSSR count). The molecule has 0 saturated heterocycles. The molecule has 132 valence electrons. The summed E-state index contributed by atoms with van der Waals surface area (Å²) in [7, 11) is 0. The number of halogens is 2. The van der Waals surface area contributed by atoms with Crippen LogP contribution in [0.3, 0.4) is 0 Å². The fraction of sp³-hybridized carbons (Fsp3) is 0.368. The first-order valence-electron chi connectivity index (χ1n) is 8.47. The normalized spacial score (nSPS) is 15.0. The Morgan fingerprint density at radius 1 is 1.08 bits per heavy atom. The molecule has 6 heteroatoms. The molecular weight excluding hydrogens is 359 g/mol. The molecule has 1 amide bonds. The zero-order valence-electron chi connectivity index (χ0n) is 13.8. The van der Waals surface area contributed by atoms with Gasteiger partial charge in [0.15, 0.2) is 5.75 Å². The number of nitrogens with one attached hydrogen (secondary N) is 1. The molecule has 0 spiro atoms. The van der Waals surface area contributed by atoms with E-state index in [1.807, 2.05) is 6.07 Å². The average molecular weight is 379 g/mol. The van der Waals surface area contributed by atoms with Gasteiger partial charge in [0, 0.05) is 6.04 Å². The molecule has 0 unspecified atom stereocenters. The van der Waals surface area contributed by atoms with Crippen molar-refractivity contribution in [2.24, 2.45) is 0 Å². The molecule has 1 aliphatic carbocycles. The Labute approximate surface area is 157 Å². The quantitative estimate of drug-likeness (QED) is 0.793. The highest BCUT2D eigenvalue weighted by Crippen LogP contribution is 2.32. The third kappa shape index (κ3) is 4.86. The number of carbonyl (C=O) groups excluding carboxylic acids is 1. The summed E-state index contributed by atoms with van der Waals surface area (Å²) < 4.78 is 5.68. The summed E-state index contributed by atoms with van der Waals surface area (Å²) in [5.74, 6) is 0.286. The number of hydrogen-bond acceptors (Lipinski definition) is 3. The second kappa shape index (κ2) is 8.54. The van der Waals surface area contributed by atoms with Crippen LogP contribution in [0.5, 0.6) is 5.75 Å². The molecule has 1 heterocycles. The van der Waals surface area contributed by atoms with Crippen molar-refractivity contribution in [2.75, 3.05) is 0 Å². The summed E-state index contributed by atoms with van der Waals surface area (Å²) >= 11 is 12.2. The van der Waals surface area contributed by atoms with Crippen molar-refractivity contribution < 1.29 is 9.53 Å². The molecule has 1 aromatic carbocycles. The lowest BCUT2D eigenvalue weighted by Gasteiger charge is -2.22. The van der Waals surface area contributed by atoms with E-state index in [4.69, 9.17) is 27.9 Å². The predicted molar refractivity (Wildman–Crippen MR) is 99.4 cm³/mol. The maximum Gasteiger partial charge on any atom is 0.270 e. The monoisotopic (exact) mass is 378 g/mol. The van der Waals surface area contributed by atoms with Crippen molar-refractivity contribution in [3.05, 3.63) is 57.8 Å². The summed E-state index contributed by atoms with van der Waals surface area (Å²) in [5, 5.41) is 3.96.